The molecule has 0 radical (unpaired) electrons. The minimum Gasteiger partial charge on any atom is -0.467 e. The van der Waals surface area contributed by atoms with Gasteiger partial charge in [-0.1, -0.05) is 0 Å². The molecular formula is C17H21N3O6S2. The fraction of sp³-hybridized carbons (Fsp3) is 0.412. The predicted molar refractivity (Wildman–Crippen MR) is 101 cm³/mol. The highest BCUT2D eigenvalue weighted by molar-refractivity contribution is 7.91. The highest BCUT2D eigenvalue weighted by Crippen LogP contribution is 2.25. The third-order valence-corrected chi connectivity index (χ3v) is 7.51. The summed E-state index contributed by atoms with van der Waals surface area (Å²) in [7, 11) is -2.55. The normalized spacial score (nSPS) is 15.0. The molecule has 0 unspecified atom stereocenters. The van der Waals surface area contributed by atoms with Crippen molar-refractivity contribution in [3.63, 3.8) is 0 Å². The maximum absolute atomic E-state index is 12.7. The molecule has 3 rings (SSSR count). The Morgan fingerprint density at radius 2 is 2.00 bits per heavy atom. The summed E-state index contributed by atoms with van der Waals surface area (Å²) in [6.07, 6.45) is 1.49. The molecule has 2 amide bonds. The van der Waals surface area contributed by atoms with Gasteiger partial charge in [-0.3, -0.25) is 9.59 Å². The van der Waals surface area contributed by atoms with Crippen LogP contribution in [-0.4, -0.2) is 69.3 Å². The van der Waals surface area contributed by atoms with Gasteiger partial charge in [-0.25, -0.2) is 8.42 Å². The smallest absolute Gasteiger partial charge is 0.264 e. The number of morpholine rings is 1. The molecule has 0 aromatic carbocycles. The standard InChI is InChI=1S/C17H21N3O6S2/c1-19(12-15(21)18-11-13-3-2-8-26-13)28(23,24)16-5-4-14(27-16)17(22)20-6-9-25-10-7-20/h2-5,8H,6-7,9-12H2,1H3,(H,18,21). The maximum atomic E-state index is 12.7. The summed E-state index contributed by atoms with van der Waals surface area (Å²) in [5.41, 5.74) is 0. The van der Waals surface area contributed by atoms with Gasteiger partial charge in [0.25, 0.3) is 15.9 Å². The minimum atomic E-state index is -3.88. The van der Waals surface area contributed by atoms with E-state index >= 15 is 0 Å². The molecule has 0 aliphatic carbocycles. The first-order chi connectivity index (χ1) is 13.4. The SMILES string of the molecule is CN(CC(=O)NCc1ccco1)S(=O)(=O)c1ccc(C(=O)N2CCOCC2)s1. The van der Waals surface area contributed by atoms with Crippen molar-refractivity contribution in [2.75, 3.05) is 39.9 Å². The second-order valence-electron chi connectivity index (χ2n) is 6.14. The highest BCUT2D eigenvalue weighted by Gasteiger charge is 2.27. The Labute approximate surface area is 166 Å². The van der Waals surface area contributed by atoms with Gasteiger partial charge in [-0.2, -0.15) is 4.31 Å². The molecule has 0 spiro atoms. The Hall–Kier alpha value is -2.21. The predicted octanol–water partition coefficient (Wildman–Crippen LogP) is 0.750. The Morgan fingerprint density at radius 3 is 2.68 bits per heavy atom. The van der Waals surface area contributed by atoms with Gasteiger partial charge in [-0.05, 0) is 24.3 Å². The summed E-state index contributed by atoms with van der Waals surface area (Å²) in [6, 6.07) is 6.30. The Kier molecular flexibility index (Phi) is 6.50. The fourth-order valence-corrected chi connectivity index (χ4v) is 5.20. The fourth-order valence-electron chi connectivity index (χ4n) is 2.59. The number of furan rings is 1. The highest BCUT2D eigenvalue weighted by atomic mass is 32.2. The molecule has 1 aliphatic heterocycles. The zero-order chi connectivity index (χ0) is 20.1. The van der Waals surface area contributed by atoms with Gasteiger partial charge in [0.05, 0.1) is 37.4 Å². The molecule has 1 fully saturated rings. The molecule has 11 heteroatoms. The van der Waals surface area contributed by atoms with E-state index in [0.29, 0.717) is 36.9 Å². The van der Waals surface area contributed by atoms with E-state index in [1.807, 2.05) is 0 Å². The Morgan fingerprint density at radius 1 is 1.25 bits per heavy atom. The van der Waals surface area contributed by atoms with Crippen LogP contribution >= 0.6 is 11.3 Å². The maximum Gasteiger partial charge on any atom is 0.264 e. The average Bonchev–Trinajstić information content (AvgIpc) is 3.38. The zero-order valence-corrected chi connectivity index (χ0v) is 16.9. The number of ether oxygens (including phenoxy) is 1. The van der Waals surface area contributed by atoms with E-state index in [9.17, 15) is 18.0 Å². The number of nitrogens with one attached hydrogen (secondary N) is 1. The number of likely N-dealkylation sites (N-methyl/N-ethyl adjacent to an activating group) is 1. The molecule has 9 nitrogen and oxygen atoms in total. The first-order valence-electron chi connectivity index (χ1n) is 8.60. The second-order valence-corrected chi connectivity index (χ2v) is 9.50. The van der Waals surface area contributed by atoms with Crippen LogP contribution < -0.4 is 5.32 Å². The summed E-state index contributed by atoms with van der Waals surface area (Å²) < 4.78 is 36.7. The van der Waals surface area contributed by atoms with E-state index in [1.54, 1.807) is 17.0 Å². The van der Waals surface area contributed by atoms with Crippen LogP contribution in [0.5, 0.6) is 0 Å². The number of carbonyl (C=O) groups is 2. The van der Waals surface area contributed by atoms with E-state index in [1.165, 1.54) is 25.4 Å². The lowest BCUT2D eigenvalue weighted by Gasteiger charge is -2.26. The van der Waals surface area contributed by atoms with Crippen molar-refractivity contribution in [3.8, 4) is 0 Å². The van der Waals surface area contributed by atoms with Crippen LogP contribution in [0.1, 0.15) is 15.4 Å². The summed E-state index contributed by atoms with van der Waals surface area (Å²) >= 11 is 0.900. The first-order valence-corrected chi connectivity index (χ1v) is 10.9. The van der Waals surface area contributed by atoms with Crippen LogP contribution in [0, 0.1) is 0 Å². The van der Waals surface area contributed by atoms with Gasteiger partial charge in [0.15, 0.2) is 0 Å². The van der Waals surface area contributed by atoms with Crippen LogP contribution in [0.4, 0.5) is 0 Å². The molecule has 1 saturated heterocycles. The number of rotatable bonds is 7. The topological polar surface area (TPSA) is 109 Å². The number of amides is 2. The molecule has 0 bridgehead atoms. The van der Waals surface area contributed by atoms with E-state index in [4.69, 9.17) is 9.15 Å². The third-order valence-electron chi connectivity index (χ3n) is 4.16. The van der Waals surface area contributed by atoms with Crippen LogP contribution in [0.2, 0.25) is 0 Å². The van der Waals surface area contributed by atoms with E-state index in [0.717, 1.165) is 15.6 Å². The van der Waals surface area contributed by atoms with Crippen molar-refractivity contribution in [1.29, 1.82) is 0 Å². The zero-order valence-electron chi connectivity index (χ0n) is 15.3. The first kappa shape index (κ1) is 20.5. The summed E-state index contributed by atoms with van der Waals surface area (Å²) in [4.78, 5) is 26.5. The Balaban J connectivity index is 1.60. The molecule has 0 saturated carbocycles. The summed E-state index contributed by atoms with van der Waals surface area (Å²) in [6.45, 7) is 1.74. The second kappa shape index (κ2) is 8.86. The number of hydrogen-bond donors (Lipinski definition) is 1. The van der Waals surface area contributed by atoms with Crippen LogP contribution in [0.15, 0.2) is 39.2 Å². The number of nitrogens with zero attached hydrogens (tertiary/aromatic N) is 2. The largest absolute Gasteiger partial charge is 0.467 e. The molecule has 1 aliphatic rings. The molecule has 2 aromatic heterocycles. The molecule has 3 heterocycles. The molecule has 152 valence electrons. The van der Waals surface area contributed by atoms with Crippen molar-refractivity contribution in [3.05, 3.63) is 41.2 Å². The third kappa shape index (κ3) is 4.79. The molecule has 2 aromatic rings. The van der Waals surface area contributed by atoms with Crippen LogP contribution in [-0.2, 0) is 26.1 Å². The van der Waals surface area contributed by atoms with Crippen molar-refractivity contribution >= 4 is 33.2 Å². The minimum absolute atomic E-state index is 0.0189. The van der Waals surface area contributed by atoms with E-state index < -0.39 is 15.9 Å². The number of thiophene rings is 1. The van der Waals surface area contributed by atoms with Gasteiger partial charge in [-0.15, -0.1) is 11.3 Å². The van der Waals surface area contributed by atoms with Gasteiger partial charge in [0, 0.05) is 20.1 Å². The average molecular weight is 428 g/mol. The molecule has 1 N–H and O–H groups in total. The lowest BCUT2D eigenvalue weighted by Crippen LogP contribution is -2.40. The van der Waals surface area contributed by atoms with Crippen molar-refractivity contribution in [2.45, 2.75) is 10.8 Å². The van der Waals surface area contributed by atoms with Crippen molar-refractivity contribution in [1.82, 2.24) is 14.5 Å². The van der Waals surface area contributed by atoms with Crippen molar-refractivity contribution < 1.29 is 27.2 Å². The summed E-state index contributed by atoms with van der Waals surface area (Å²) in [5.74, 6) is -0.0966. The van der Waals surface area contributed by atoms with Crippen LogP contribution in [0.3, 0.4) is 0 Å². The summed E-state index contributed by atoms with van der Waals surface area (Å²) in [5, 5.41) is 2.60. The Bertz CT molecular complexity index is 917. The van der Waals surface area contributed by atoms with E-state index in [-0.39, 0.29) is 23.2 Å². The van der Waals surface area contributed by atoms with E-state index in [2.05, 4.69) is 5.32 Å². The van der Waals surface area contributed by atoms with Crippen LogP contribution in [0.25, 0.3) is 0 Å². The van der Waals surface area contributed by atoms with Crippen molar-refractivity contribution in [2.24, 2.45) is 0 Å². The quantitative estimate of drug-likeness (QED) is 0.698. The lowest BCUT2D eigenvalue weighted by molar-refractivity contribution is -0.121. The van der Waals surface area contributed by atoms with Gasteiger partial charge < -0.3 is 19.4 Å². The molecule has 0 atom stereocenters. The lowest BCUT2D eigenvalue weighted by atomic mass is 10.3. The van der Waals surface area contributed by atoms with Gasteiger partial charge in [0.1, 0.15) is 9.97 Å². The van der Waals surface area contributed by atoms with Gasteiger partial charge in [0.2, 0.25) is 5.91 Å². The number of hydrogen-bond acceptors (Lipinski definition) is 7. The molecular weight excluding hydrogens is 406 g/mol. The molecule has 28 heavy (non-hydrogen) atoms. The number of carbonyl (C=O) groups excluding carboxylic acids is 2. The monoisotopic (exact) mass is 427 g/mol. The number of sulfonamides is 1. The van der Waals surface area contributed by atoms with Gasteiger partial charge >= 0.3 is 0 Å².